The monoisotopic (exact) mass is 287 g/mol. The van der Waals surface area contributed by atoms with Crippen LogP contribution in [0.1, 0.15) is 62.3 Å². The molecule has 0 amide bonds. The van der Waals surface area contributed by atoms with E-state index >= 15 is 0 Å². The molecule has 3 nitrogen and oxygen atoms in total. The number of hydrogen-bond donors (Lipinski definition) is 1. The summed E-state index contributed by atoms with van der Waals surface area (Å²) in [4.78, 5) is 9.71. The fourth-order valence-corrected chi connectivity index (χ4v) is 3.48. The minimum Gasteiger partial charge on any atom is -0.316 e. The van der Waals surface area contributed by atoms with Gasteiger partial charge < -0.3 is 5.32 Å². The van der Waals surface area contributed by atoms with Gasteiger partial charge in [-0.15, -0.1) is 0 Å². The van der Waals surface area contributed by atoms with Crippen LogP contribution in [0.25, 0.3) is 0 Å². The molecule has 0 aliphatic heterocycles. The minimum atomic E-state index is 0.638. The van der Waals surface area contributed by atoms with Gasteiger partial charge in [-0.2, -0.15) is 0 Å². The number of aryl methyl sites for hydroxylation is 2. The summed E-state index contributed by atoms with van der Waals surface area (Å²) in [6.45, 7) is 11.3. The van der Waals surface area contributed by atoms with Crippen molar-refractivity contribution in [1.82, 2.24) is 15.3 Å². The molecule has 3 rings (SSSR count). The van der Waals surface area contributed by atoms with Crippen LogP contribution in [0.5, 0.6) is 0 Å². The van der Waals surface area contributed by atoms with Gasteiger partial charge in [0.1, 0.15) is 5.82 Å². The van der Waals surface area contributed by atoms with Crippen LogP contribution >= 0.6 is 0 Å². The fraction of sp³-hybridized carbons (Fsp3) is 0.778. The van der Waals surface area contributed by atoms with Crippen LogP contribution in [0, 0.1) is 24.7 Å². The maximum absolute atomic E-state index is 4.90. The summed E-state index contributed by atoms with van der Waals surface area (Å²) in [7, 11) is 0. The summed E-state index contributed by atoms with van der Waals surface area (Å²) < 4.78 is 0. The van der Waals surface area contributed by atoms with E-state index in [1.165, 1.54) is 29.8 Å². The van der Waals surface area contributed by atoms with Crippen LogP contribution in [0.2, 0.25) is 0 Å². The second-order valence-electron chi connectivity index (χ2n) is 7.57. The van der Waals surface area contributed by atoms with Crippen LogP contribution < -0.4 is 5.32 Å². The first kappa shape index (κ1) is 15.0. The first-order valence-electron chi connectivity index (χ1n) is 8.61. The summed E-state index contributed by atoms with van der Waals surface area (Å²) in [5, 5.41) is 3.61. The predicted molar refractivity (Wildman–Crippen MR) is 86.5 cm³/mol. The van der Waals surface area contributed by atoms with Gasteiger partial charge in [0.15, 0.2) is 0 Å². The first-order valence-corrected chi connectivity index (χ1v) is 8.61. The standard InChI is InChI=1S/C18H29N3/c1-11(2)9-19-10-14-5-6-17-16(8-14)13(4)20-18(21-17)15-7-12(15)3/h11-12,14-15,19H,5-10H2,1-4H3. The Morgan fingerprint density at radius 1 is 1.29 bits per heavy atom. The molecule has 2 aliphatic carbocycles. The molecular formula is C18H29N3. The number of hydrogen-bond acceptors (Lipinski definition) is 3. The van der Waals surface area contributed by atoms with E-state index in [1.54, 1.807) is 0 Å². The van der Waals surface area contributed by atoms with Gasteiger partial charge in [0.05, 0.1) is 0 Å². The number of rotatable bonds is 5. The maximum atomic E-state index is 4.90. The summed E-state index contributed by atoms with van der Waals surface area (Å²) in [6, 6.07) is 0. The number of nitrogens with zero attached hydrogens (tertiary/aromatic N) is 2. The zero-order valence-corrected chi connectivity index (χ0v) is 13.9. The van der Waals surface area contributed by atoms with Crippen LogP contribution in [-0.4, -0.2) is 23.1 Å². The Morgan fingerprint density at radius 2 is 2.05 bits per heavy atom. The molecule has 3 atom stereocenters. The third-order valence-electron chi connectivity index (χ3n) is 5.03. The molecule has 0 bridgehead atoms. The van der Waals surface area contributed by atoms with Gasteiger partial charge in [-0.1, -0.05) is 20.8 Å². The largest absolute Gasteiger partial charge is 0.316 e. The first-order chi connectivity index (χ1) is 10.0. The smallest absolute Gasteiger partial charge is 0.132 e. The lowest BCUT2D eigenvalue weighted by atomic mass is 9.85. The zero-order valence-electron chi connectivity index (χ0n) is 13.9. The lowest BCUT2D eigenvalue weighted by Crippen LogP contribution is -2.30. The van der Waals surface area contributed by atoms with Crippen molar-refractivity contribution >= 4 is 0 Å². The Labute approximate surface area is 129 Å². The lowest BCUT2D eigenvalue weighted by Gasteiger charge is -2.26. The molecule has 0 saturated heterocycles. The van der Waals surface area contributed by atoms with E-state index in [0.29, 0.717) is 5.92 Å². The second kappa shape index (κ2) is 6.04. The topological polar surface area (TPSA) is 37.8 Å². The number of nitrogens with one attached hydrogen (secondary N) is 1. The molecule has 1 aromatic heterocycles. The predicted octanol–water partition coefficient (Wildman–Crippen LogP) is 3.26. The van der Waals surface area contributed by atoms with Crippen molar-refractivity contribution in [2.45, 2.75) is 59.3 Å². The third kappa shape index (κ3) is 3.45. The third-order valence-corrected chi connectivity index (χ3v) is 5.03. The molecule has 1 saturated carbocycles. The Balaban J connectivity index is 1.66. The number of aromatic nitrogens is 2. The Hall–Kier alpha value is -0.960. The molecule has 2 aliphatic rings. The van der Waals surface area contributed by atoms with E-state index in [2.05, 4.69) is 33.0 Å². The van der Waals surface area contributed by atoms with Gasteiger partial charge in [0, 0.05) is 17.3 Å². The van der Waals surface area contributed by atoms with Crippen molar-refractivity contribution in [2.75, 3.05) is 13.1 Å². The Bertz CT molecular complexity index is 509. The van der Waals surface area contributed by atoms with Crippen LogP contribution in [0.3, 0.4) is 0 Å². The van der Waals surface area contributed by atoms with Crippen LogP contribution in [0.15, 0.2) is 0 Å². The molecule has 3 heteroatoms. The van der Waals surface area contributed by atoms with Crippen molar-refractivity contribution < 1.29 is 0 Å². The fourth-order valence-electron chi connectivity index (χ4n) is 3.48. The van der Waals surface area contributed by atoms with Crippen molar-refractivity contribution in [3.8, 4) is 0 Å². The molecule has 116 valence electrons. The van der Waals surface area contributed by atoms with E-state index in [-0.39, 0.29) is 0 Å². The van der Waals surface area contributed by atoms with Gasteiger partial charge in [-0.3, -0.25) is 0 Å². The highest BCUT2D eigenvalue weighted by Crippen LogP contribution is 2.45. The van der Waals surface area contributed by atoms with E-state index in [4.69, 9.17) is 9.97 Å². The van der Waals surface area contributed by atoms with Gasteiger partial charge >= 0.3 is 0 Å². The molecule has 0 aromatic carbocycles. The highest BCUT2D eigenvalue weighted by atomic mass is 14.9. The molecule has 3 unspecified atom stereocenters. The van der Waals surface area contributed by atoms with Crippen molar-refractivity contribution in [3.63, 3.8) is 0 Å². The molecule has 21 heavy (non-hydrogen) atoms. The molecule has 1 N–H and O–H groups in total. The normalized spacial score (nSPS) is 27.8. The van der Waals surface area contributed by atoms with E-state index < -0.39 is 0 Å². The molecule has 0 spiro atoms. The van der Waals surface area contributed by atoms with Gasteiger partial charge in [-0.25, -0.2) is 9.97 Å². The average Bonchev–Trinajstić information content (AvgIpc) is 3.16. The molecule has 0 radical (unpaired) electrons. The van der Waals surface area contributed by atoms with E-state index in [9.17, 15) is 0 Å². The van der Waals surface area contributed by atoms with E-state index in [1.807, 2.05) is 0 Å². The minimum absolute atomic E-state index is 0.638. The van der Waals surface area contributed by atoms with Crippen LogP contribution in [-0.2, 0) is 12.8 Å². The molecule has 1 fully saturated rings. The van der Waals surface area contributed by atoms with Gasteiger partial charge in [0.2, 0.25) is 0 Å². The summed E-state index contributed by atoms with van der Waals surface area (Å²) in [5.41, 5.74) is 4.02. The van der Waals surface area contributed by atoms with Crippen molar-refractivity contribution in [1.29, 1.82) is 0 Å². The average molecular weight is 287 g/mol. The summed E-state index contributed by atoms with van der Waals surface area (Å²) in [6.07, 6.45) is 4.85. The Kier molecular flexibility index (Phi) is 4.30. The highest BCUT2D eigenvalue weighted by Gasteiger charge is 2.37. The maximum Gasteiger partial charge on any atom is 0.132 e. The van der Waals surface area contributed by atoms with E-state index in [0.717, 1.165) is 49.5 Å². The summed E-state index contributed by atoms with van der Waals surface area (Å²) >= 11 is 0. The summed E-state index contributed by atoms with van der Waals surface area (Å²) in [5.74, 6) is 4.03. The highest BCUT2D eigenvalue weighted by molar-refractivity contribution is 5.30. The van der Waals surface area contributed by atoms with Gasteiger partial charge in [-0.05, 0) is 69.0 Å². The lowest BCUT2D eigenvalue weighted by molar-refractivity contribution is 0.403. The van der Waals surface area contributed by atoms with Crippen LogP contribution in [0.4, 0.5) is 0 Å². The molecule has 1 aromatic rings. The zero-order chi connectivity index (χ0) is 15.0. The van der Waals surface area contributed by atoms with Gasteiger partial charge in [0.25, 0.3) is 0 Å². The van der Waals surface area contributed by atoms with Crippen molar-refractivity contribution in [3.05, 3.63) is 22.8 Å². The Morgan fingerprint density at radius 3 is 2.71 bits per heavy atom. The second-order valence-corrected chi connectivity index (χ2v) is 7.57. The molecular weight excluding hydrogens is 258 g/mol. The van der Waals surface area contributed by atoms with Crippen molar-refractivity contribution in [2.24, 2.45) is 17.8 Å². The molecule has 1 heterocycles. The quantitative estimate of drug-likeness (QED) is 0.903. The SMILES string of the molecule is Cc1nc(C2CC2C)nc2c1CC(CNCC(C)C)CC2. The number of fused-ring (bicyclic) bond motifs is 1.